The minimum atomic E-state index is 0.0528. The van der Waals surface area contributed by atoms with E-state index in [1.807, 2.05) is 30.3 Å². The van der Waals surface area contributed by atoms with E-state index in [-0.39, 0.29) is 11.9 Å². The smallest absolute Gasteiger partial charge is 0.251 e. The summed E-state index contributed by atoms with van der Waals surface area (Å²) in [5.74, 6) is 0.710. The van der Waals surface area contributed by atoms with Crippen LogP contribution in [-0.4, -0.2) is 30.6 Å². The number of carbonyl (C=O) groups excluding carboxylic acids is 1. The number of benzene rings is 2. The lowest BCUT2D eigenvalue weighted by Gasteiger charge is -2.37. The molecule has 4 rings (SSSR count). The molecule has 172 valence electrons. The average molecular weight is 434 g/mol. The first-order valence-electron chi connectivity index (χ1n) is 12.7. The van der Waals surface area contributed by atoms with Crippen molar-refractivity contribution in [3.8, 4) is 0 Å². The highest BCUT2D eigenvalue weighted by Gasteiger charge is 2.29. The fraction of sp³-hybridized carbons (Fsp3) is 0.536. The van der Waals surface area contributed by atoms with Crippen LogP contribution >= 0.6 is 0 Å². The quantitative estimate of drug-likeness (QED) is 0.486. The normalized spacial score (nSPS) is 24.9. The van der Waals surface area contributed by atoms with Crippen LogP contribution in [0.4, 0.5) is 5.69 Å². The molecule has 32 heavy (non-hydrogen) atoms. The van der Waals surface area contributed by atoms with Crippen molar-refractivity contribution >= 4 is 11.6 Å². The molecule has 3 N–H and O–H groups in total. The summed E-state index contributed by atoms with van der Waals surface area (Å²) in [6.07, 6.45) is 10.7. The first kappa shape index (κ1) is 22.8. The molecule has 1 aliphatic heterocycles. The predicted octanol–water partition coefficient (Wildman–Crippen LogP) is 5.55. The summed E-state index contributed by atoms with van der Waals surface area (Å²) in [4.78, 5) is 12.7. The zero-order chi connectivity index (χ0) is 22.2. The molecule has 0 bridgehead atoms. The van der Waals surface area contributed by atoms with Crippen LogP contribution in [0.25, 0.3) is 0 Å². The molecule has 1 fully saturated rings. The monoisotopic (exact) mass is 433 g/mol. The molecule has 1 amide bonds. The van der Waals surface area contributed by atoms with Crippen molar-refractivity contribution in [3.63, 3.8) is 0 Å². The van der Waals surface area contributed by atoms with E-state index in [1.165, 1.54) is 49.8 Å². The van der Waals surface area contributed by atoms with Crippen LogP contribution in [0.15, 0.2) is 54.6 Å². The Balaban J connectivity index is 1.32. The Bertz CT molecular complexity index is 853. The zero-order valence-electron chi connectivity index (χ0n) is 19.5. The topological polar surface area (TPSA) is 53.2 Å². The molecule has 0 spiro atoms. The number of hydrogen-bond acceptors (Lipinski definition) is 3. The van der Waals surface area contributed by atoms with E-state index in [0.29, 0.717) is 18.0 Å². The van der Waals surface area contributed by atoms with Gasteiger partial charge in [-0.05, 0) is 68.3 Å². The summed E-state index contributed by atoms with van der Waals surface area (Å²) in [7, 11) is 0. The summed E-state index contributed by atoms with van der Waals surface area (Å²) >= 11 is 0. The van der Waals surface area contributed by atoms with Gasteiger partial charge >= 0.3 is 0 Å². The summed E-state index contributed by atoms with van der Waals surface area (Å²) in [5.41, 5.74) is 3.53. The number of para-hydroxylation sites is 1. The van der Waals surface area contributed by atoms with E-state index in [1.54, 1.807) is 0 Å². The van der Waals surface area contributed by atoms with Crippen LogP contribution in [0.3, 0.4) is 0 Å². The van der Waals surface area contributed by atoms with Gasteiger partial charge in [0.15, 0.2) is 0 Å². The minimum Gasteiger partial charge on any atom is -0.382 e. The van der Waals surface area contributed by atoms with Gasteiger partial charge in [-0.2, -0.15) is 0 Å². The van der Waals surface area contributed by atoms with E-state index in [0.717, 1.165) is 31.4 Å². The second-order valence-corrected chi connectivity index (χ2v) is 9.59. The lowest BCUT2D eigenvalue weighted by atomic mass is 9.82. The highest BCUT2D eigenvalue weighted by atomic mass is 16.1. The van der Waals surface area contributed by atoms with Crippen molar-refractivity contribution in [3.05, 3.63) is 65.7 Å². The van der Waals surface area contributed by atoms with Crippen LogP contribution < -0.4 is 16.0 Å². The maximum atomic E-state index is 12.7. The fourth-order valence-corrected chi connectivity index (χ4v) is 5.46. The number of nitrogens with one attached hydrogen (secondary N) is 3. The first-order chi connectivity index (χ1) is 15.7. The summed E-state index contributed by atoms with van der Waals surface area (Å²) in [6.45, 7) is 3.29. The van der Waals surface area contributed by atoms with E-state index in [2.05, 4.69) is 47.1 Å². The number of fused-ring (bicyclic) bond motifs is 1. The number of unbranched alkanes of at least 4 members (excludes halogenated alkanes) is 1. The zero-order valence-corrected chi connectivity index (χ0v) is 19.5. The van der Waals surface area contributed by atoms with Crippen molar-refractivity contribution < 1.29 is 4.79 Å². The molecule has 2 aromatic rings. The molecule has 1 heterocycles. The van der Waals surface area contributed by atoms with Gasteiger partial charge < -0.3 is 16.0 Å². The van der Waals surface area contributed by atoms with E-state index >= 15 is 0 Å². The molecule has 1 aliphatic carbocycles. The second kappa shape index (κ2) is 11.5. The SMILES string of the molecule is CCCC[C@@H]1Nc2ccccc2C[C@@H]1CCN[C@H]1CCCCC1NC(=O)c1ccccc1. The molecule has 1 saturated carbocycles. The van der Waals surface area contributed by atoms with Gasteiger partial charge in [-0.15, -0.1) is 0 Å². The Morgan fingerprint density at radius 2 is 1.72 bits per heavy atom. The highest BCUT2D eigenvalue weighted by molar-refractivity contribution is 5.94. The van der Waals surface area contributed by atoms with Crippen molar-refractivity contribution in [2.45, 2.75) is 82.8 Å². The average Bonchev–Trinajstić information content (AvgIpc) is 2.84. The number of amides is 1. The Morgan fingerprint density at radius 3 is 2.53 bits per heavy atom. The number of rotatable bonds is 9. The standard InChI is InChI=1S/C28H39N3O/c1-2-3-14-24-23(20-22-13-7-8-15-25(22)30-24)18-19-29-26-16-9-10-17-27(26)31-28(32)21-11-5-4-6-12-21/h4-8,11-13,15,23-24,26-27,29-30H,2-3,9-10,14,16-20H2,1H3,(H,31,32)/t23-,24-,26-,27?/m0/s1. The molecular formula is C28H39N3O. The fourth-order valence-electron chi connectivity index (χ4n) is 5.46. The van der Waals surface area contributed by atoms with Crippen molar-refractivity contribution in [2.75, 3.05) is 11.9 Å². The van der Waals surface area contributed by atoms with Gasteiger partial charge in [0.25, 0.3) is 5.91 Å². The summed E-state index contributed by atoms with van der Waals surface area (Å²) < 4.78 is 0. The van der Waals surface area contributed by atoms with Gasteiger partial charge in [0.05, 0.1) is 0 Å². The van der Waals surface area contributed by atoms with Gasteiger partial charge in [-0.1, -0.05) is 69.0 Å². The Morgan fingerprint density at radius 1 is 0.969 bits per heavy atom. The van der Waals surface area contributed by atoms with Gasteiger partial charge in [0.1, 0.15) is 0 Å². The molecule has 0 saturated heterocycles. The number of anilines is 1. The van der Waals surface area contributed by atoms with E-state index in [4.69, 9.17) is 0 Å². The first-order valence-corrected chi connectivity index (χ1v) is 12.7. The van der Waals surface area contributed by atoms with Crippen LogP contribution in [-0.2, 0) is 6.42 Å². The summed E-state index contributed by atoms with van der Waals surface area (Å²) in [6, 6.07) is 19.5. The van der Waals surface area contributed by atoms with E-state index < -0.39 is 0 Å². The maximum Gasteiger partial charge on any atom is 0.251 e. The third-order valence-electron chi connectivity index (χ3n) is 7.32. The maximum absolute atomic E-state index is 12.7. The lowest BCUT2D eigenvalue weighted by Crippen LogP contribution is -2.52. The molecule has 0 aromatic heterocycles. The highest BCUT2D eigenvalue weighted by Crippen LogP contribution is 2.32. The Labute approximate surface area is 193 Å². The second-order valence-electron chi connectivity index (χ2n) is 9.59. The van der Waals surface area contributed by atoms with Crippen LogP contribution in [0.2, 0.25) is 0 Å². The van der Waals surface area contributed by atoms with Crippen molar-refractivity contribution in [2.24, 2.45) is 5.92 Å². The minimum absolute atomic E-state index is 0.0528. The van der Waals surface area contributed by atoms with Crippen molar-refractivity contribution in [1.82, 2.24) is 10.6 Å². The van der Waals surface area contributed by atoms with Crippen LogP contribution in [0.1, 0.15) is 74.2 Å². The molecule has 2 aromatic carbocycles. The van der Waals surface area contributed by atoms with Gasteiger partial charge in [-0.25, -0.2) is 0 Å². The summed E-state index contributed by atoms with van der Waals surface area (Å²) in [5, 5.41) is 11.0. The molecule has 1 unspecified atom stereocenters. The molecular weight excluding hydrogens is 394 g/mol. The third kappa shape index (κ3) is 5.92. The van der Waals surface area contributed by atoms with Gasteiger partial charge in [0, 0.05) is 29.4 Å². The van der Waals surface area contributed by atoms with Gasteiger partial charge in [-0.3, -0.25) is 4.79 Å². The van der Waals surface area contributed by atoms with Crippen LogP contribution in [0, 0.1) is 5.92 Å². The molecule has 4 heteroatoms. The van der Waals surface area contributed by atoms with Gasteiger partial charge in [0.2, 0.25) is 0 Å². The lowest BCUT2D eigenvalue weighted by molar-refractivity contribution is 0.0914. The molecule has 2 aliphatic rings. The van der Waals surface area contributed by atoms with Crippen LogP contribution in [0.5, 0.6) is 0 Å². The Kier molecular flexibility index (Phi) is 8.22. The Hall–Kier alpha value is -2.33. The van der Waals surface area contributed by atoms with Crippen molar-refractivity contribution in [1.29, 1.82) is 0 Å². The number of hydrogen-bond donors (Lipinski definition) is 3. The third-order valence-corrected chi connectivity index (χ3v) is 7.32. The number of carbonyl (C=O) groups is 1. The molecule has 0 radical (unpaired) electrons. The molecule has 4 nitrogen and oxygen atoms in total. The largest absolute Gasteiger partial charge is 0.382 e. The predicted molar refractivity (Wildman–Crippen MR) is 133 cm³/mol. The van der Waals surface area contributed by atoms with E-state index in [9.17, 15) is 4.79 Å². The molecule has 4 atom stereocenters.